The van der Waals surface area contributed by atoms with E-state index < -0.39 is 5.76 Å². The molecular formula is C19H19N3O4. The molecule has 26 heavy (non-hydrogen) atoms. The summed E-state index contributed by atoms with van der Waals surface area (Å²) in [5, 5.41) is 0. The van der Waals surface area contributed by atoms with Crippen LogP contribution in [0.15, 0.2) is 45.7 Å². The highest BCUT2D eigenvalue weighted by molar-refractivity contribution is 6.04. The van der Waals surface area contributed by atoms with Crippen LogP contribution in [0.5, 0.6) is 5.75 Å². The van der Waals surface area contributed by atoms with Crippen LogP contribution in [0.4, 0.5) is 0 Å². The van der Waals surface area contributed by atoms with Gasteiger partial charge in [-0.05, 0) is 44.0 Å². The number of aromatic nitrogens is 2. The van der Waals surface area contributed by atoms with Crippen molar-refractivity contribution in [3.8, 4) is 5.75 Å². The fraction of sp³-hybridized carbons (Fsp3) is 0.316. The number of fused-ring (bicyclic) bond motifs is 1. The Labute approximate surface area is 149 Å². The number of aromatic amines is 1. The summed E-state index contributed by atoms with van der Waals surface area (Å²) in [5.74, 6) is 0.0199. The van der Waals surface area contributed by atoms with Gasteiger partial charge in [0.1, 0.15) is 12.4 Å². The van der Waals surface area contributed by atoms with Crippen LogP contribution < -0.4 is 10.5 Å². The van der Waals surface area contributed by atoms with Gasteiger partial charge in [0.05, 0.1) is 22.8 Å². The summed E-state index contributed by atoms with van der Waals surface area (Å²) in [7, 11) is 0. The van der Waals surface area contributed by atoms with Crippen molar-refractivity contribution >= 4 is 17.0 Å². The molecule has 7 heteroatoms. The smallest absolute Gasteiger partial charge is 0.417 e. The highest BCUT2D eigenvalue weighted by atomic mass is 16.5. The van der Waals surface area contributed by atoms with Crippen LogP contribution in [0, 0.1) is 6.92 Å². The van der Waals surface area contributed by atoms with Crippen LogP contribution in [-0.2, 0) is 0 Å². The van der Waals surface area contributed by atoms with Crippen molar-refractivity contribution in [3.05, 3.63) is 58.3 Å². The summed E-state index contributed by atoms with van der Waals surface area (Å²) in [6.07, 6.45) is 3.51. The predicted molar refractivity (Wildman–Crippen MR) is 95.4 cm³/mol. The van der Waals surface area contributed by atoms with Crippen molar-refractivity contribution in [3.63, 3.8) is 0 Å². The number of benzene rings is 1. The molecule has 134 valence electrons. The number of hydrogen-bond donors (Lipinski definition) is 1. The van der Waals surface area contributed by atoms with Crippen LogP contribution in [0.25, 0.3) is 11.1 Å². The summed E-state index contributed by atoms with van der Waals surface area (Å²) in [5.41, 5.74) is 2.04. The topological polar surface area (TPSA) is 88.4 Å². The Balaban J connectivity index is 1.55. The van der Waals surface area contributed by atoms with Crippen molar-refractivity contribution in [2.24, 2.45) is 0 Å². The quantitative estimate of drug-likeness (QED) is 0.778. The molecule has 1 fully saturated rings. The molecule has 1 amide bonds. The zero-order valence-electron chi connectivity index (χ0n) is 14.4. The maximum Gasteiger partial charge on any atom is 0.417 e. The standard InChI is InChI=1S/C19H19N3O4/c1-12-16(8-3-9-20-12)25-11-13-5-4-10-22(13)18(23)14-6-2-7-15-17(14)26-19(24)21-15/h2-3,6-9,13H,4-5,10-11H2,1H3,(H,21,24)/t13-/m1/s1. The fourth-order valence-corrected chi connectivity index (χ4v) is 3.38. The van der Waals surface area contributed by atoms with Gasteiger partial charge in [-0.15, -0.1) is 0 Å². The third kappa shape index (κ3) is 2.96. The average Bonchev–Trinajstić information content (AvgIpc) is 3.25. The third-order valence-corrected chi connectivity index (χ3v) is 4.70. The highest BCUT2D eigenvalue weighted by Gasteiger charge is 2.31. The number of pyridine rings is 1. The average molecular weight is 353 g/mol. The Hall–Kier alpha value is -3.09. The zero-order valence-corrected chi connectivity index (χ0v) is 14.4. The lowest BCUT2D eigenvalue weighted by Crippen LogP contribution is -2.39. The van der Waals surface area contributed by atoms with Crippen LogP contribution in [0.3, 0.4) is 0 Å². The molecule has 0 radical (unpaired) electrons. The number of aryl methyl sites for hydroxylation is 1. The number of oxazole rings is 1. The number of nitrogens with zero attached hydrogens (tertiary/aromatic N) is 2. The number of rotatable bonds is 4. The fourth-order valence-electron chi connectivity index (χ4n) is 3.38. The van der Waals surface area contributed by atoms with Gasteiger partial charge in [-0.3, -0.25) is 14.8 Å². The monoisotopic (exact) mass is 353 g/mol. The molecule has 4 rings (SSSR count). The van der Waals surface area contributed by atoms with E-state index in [1.165, 1.54) is 0 Å². The molecule has 1 N–H and O–H groups in total. The minimum Gasteiger partial charge on any atom is -0.490 e. The number of likely N-dealkylation sites (tertiary alicyclic amines) is 1. The molecular weight excluding hydrogens is 334 g/mol. The Kier molecular flexibility index (Phi) is 4.20. The maximum atomic E-state index is 13.0. The van der Waals surface area contributed by atoms with Crippen molar-refractivity contribution in [1.82, 2.24) is 14.9 Å². The zero-order chi connectivity index (χ0) is 18.1. The summed E-state index contributed by atoms with van der Waals surface area (Å²) in [4.78, 5) is 33.1. The van der Waals surface area contributed by atoms with E-state index >= 15 is 0 Å². The van der Waals surface area contributed by atoms with Gasteiger partial charge in [0.25, 0.3) is 5.91 Å². The number of amides is 1. The van der Waals surface area contributed by atoms with Gasteiger partial charge in [0.15, 0.2) is 5.58 Å². The van der Waals surface area contributed by atoms with Gasteiger partial charge in [-0.2, -0.15) is 0 Å². The number of hydrogen-bond acceptors (Lipinski definition) is 5. The lowest BCUT2D eigenvalue weighted by atomic mass is 10.1. The molecule has 1 aliphatic heterocycles. The number of para-hydroxylation sites is 1. The SMILES string of the molecule is Cc1ncccc1OC[C@H]1CCCN1C(=O)c1cccc2[nH]c(=O)oc12. The minimum absolute atomic E-state index is 0.0250. The van der Waals surface area contributed by atoms with Gasteiger partial charge < -0.3 is 14.1 Å². The van der Waals surface area contributed by atoms with E-state index in [2.05, 4.69) is 9.97 Å². The van der Waals surface area contributed by atoms with Gasteiger partial charge >= 0.3 is 5.76 Å². The second-order valence-electron chi connectivity index (χ2n) is 6.39. The van der Waals surface area contributed by atoms with Gasteiger partial charge in [0.2, 0.25) is 0 Å². The van der Waals surface area contributed by atoms with Crippen molar-refractivity contribution < 1.29 is 13.9 Å². The van der Waals surface area contributed by atoms with Crippen molar-refractivity contribution in [2.75, 3.05) is 13.2 Å². The van der Waals surface area contributed by atoms with E-state index in [1.807, 2.05) is 19.1 Å². The molecule has 2 aromatic heterocycles. The first-order valence-corrected chi connectivity index (χ1v) is 8.60. The Bertz CT molecular complexity index is 1010. The molecule has 0 aliphatic carbocycles. The second-order valence-corrected chi connectivity index (χ2v) is 6.39. The van der Waals surface area contributed by atoms with E-state index in [1.54, 1.807) is 29.3 Å². The summed E-state index contributed by atoms with van der Waals surface area (Å²) in [6, 6.07) is 8.81. The van der Waals surface area contributed by atoms with E-state index in [4.69, 9.17) is 9.15 Å². The molecule has 1 aliphatic rings. The van der Waals surface area contributed by atoms with E-state index in [9.17, 15) is 9.59 Å². The van der Waals surface area contributed by atoms with Crippen LogP contribution in [-0.4, -0.2) is 40.0 Å². The molecule has 3 heterocycles. The first kappa shape index (κ1) is 16.4. The van der Waals surface area contributed by atoms with E-state index in [-0.39, 0.29) is 11.9 Å². The van der Waals surface area contributed by atoms with Crippen LogP contribution in [0.2, 0.25) is 0 Å². The Morgan fingerprint density at radius 3 is 3.12 bits per heavy atom. The van der Waals surface area contributed by atoms with Gasteiger partial charge in [-0.1, -0.05) is 6.07 Å². The lowest BCUT2D eigenvalue weighted by Gasteiger charge is -2.25. The summed E-state index contributed by atoms with van der Waals surface area (Å²) >= 11 is 0. The number of carbonyl (C=O) groups excluding carboxylic acids is 1. The largest absolute Gasteiger partial charge is 0.490 e. The minimum atomic E-state index is -0.561. The van der Waals surface area contributed by atoms with Crippen LogP contribution in [0.1, 0.15) is 28.9 Å². The maximum absolute atomic E-state index is 13.0. The van der Waals surface area contributed by atoms with Crippen molar-refractivity contribution in [2.45, 2.75) is 25.8 Å². The molecule has 0 spiro atoms. The number of H-pyrrole nitrogens is 1. The third-order valence-electron chi connectivity index (χ3n) is 4.70. The van der Waals surface area contributed by atoms with Gasteiger partial charge in [-0.25, -0.2) is 4.79 Å². The molecule has 1 aromatic carbocycles. The molecule has 0 bridgehead atoms. The first-order chi connectivity index (χ1) is 12.6. The molecule has 1 saturated heterocycles. The molecule has 0 unspecified atom stereocenters. The highest BCUT2D eigenvalue weighted by Crippen LogP contribution is 2.25. The van der Waals surface area contributed by atoms with Crippen molar-refractivity contribution in [1.29, 1.82) is 0 Å². The second kappa shape index (κ2) is 6.67. The summed E-state index contributed by atoms with van der Waals surface area (Å²) in [6.45, 7) is 2.96. The van der Waals surface area contributed by atoms with Gasteiger partial charge in [0, 0.05) is 12.7 Å². The first-order valence-electron chi connectivity index (χ1n) is 8.60. The summed E-state index contributed by atoms with van der Waals surface area (Å²) < 4.78 is 11.1. The normalized spacial score (nSPS) is 17.0. The molecule has 0 saturated carbocycles. The predicted octanol–water partition coefficient (Wildman–Crippen LogP) is 2.51. The Morgan fingerprint density at radius 2 is 2.27 bits per heavy atom. The van der Waals surface area contributed by atoms with E-state index in [0.717, 1.165) is 24.3 Å². The molecule has 3 aromatic rings. The number of ether oxygens (including phenoxy) is 1. The number of nitrogens with one attached hydrogen (secondary N) is 1. The van der Waals surface area contributed by atoms with Crippen LogP contribution >= 0.6 is 0 Å². The number of carbonyl (C=O) groups is 1. The van der Waals surface area contributed by atoms with E-state index in [0.29, 0.717) is 29.8 Å². The molecule has 1 atom stereocenters. The Morgan fingerprint density at radius 1 is 1.38 bits per heavy atom. The lowest BCUT2D eigenvalue weighted by molar-refractivity contribution is 0.0692. The molecule has 7 nitrogen and oxygen atoms in total.